The fourth-order valence-electron chi connectivity index (χ4n) is 2.26. The van der Waals surface area contributed by atoms with E-state index >= 15 is 0 Å². The van der Waals surface area contributed by atoms with Crippen molar-refractivity contribution in [3.63, 3.8) is 0 Å². The van der Waals surface area contributed by atoms with Crippen molar-refractivity contribution in [1.29, 1.82) is 0 Å². The van der Waals surface area contributed by atoms with Gasteiger partial charge in [0.05, 0.1) is 11.4 Å². The lowest BCUT2D eigenvalue weighted by atomic mass is 10.0. The summed E-state index contributed by atoms with van der Waals surface area (Å²) in [7, 11) is 0. The van der Waals surface area contributed by atoms with E-state index in [-0.39, 0.29) is 23.1 Å². The van der Waals surface area contributed by atoms with Gasteiger partial charge in [-0.15, -0.1) is 0 Å². The SMILES string of the molecule is Oc1ccc(C(=Nc2ccc(F)cc2)c2ccc(O)cc2O)cc1. The van der Waals surface area contributed by atoms with E-state index in [0.717, 1.165) is 0 Å². The molecule has 3 rings (SSSR count). The Kier molecular flexibility index (Phi) is 4.16. The third-order valence-electron chi connectivity index (χ3n) is 3.44. The summed E-state index contributed by atoms with van der Waals surface area (Å²) in [5.41, 5.74) is 1.99. The summed E-state index contributed by atoms with van der Waals surface area (Å²) in [6.45, 7) is 0. The number of halogens is 1. The lowest BCUT2D eigenvalue weighted by Gasteiger charge is -2.10. The van der Waals surface area contributed by atoms with Gasteiger partial charge >= 0.3 is 0 Å². The van der Waals surface area contributed by atoms with Gasteiger partial charge in [0.15, 0.2) is 0 Å². The maximum absolute atomic E-state index is 13.1. The Morgan fingerprint density at radius 1 is 0.750 bits per heavy atom. The predicted octanol–water partition coefficient (Wildman–Crippen LogP) is 4.11. The van der Waals surface area contributed by atoms with Gasteiger partial charge in [-0.3, -0.25) is 0 Å². The van der Waals surface area contributed by atoms with E-state index < -0.39 is 0 Å². The molecule has 0 saturated heterocycles. The van der Waals surface area contributed by atoms with Crippen molar-refractivity contribution >= 4 is 11.4 Å². The first-order chi connectivity index (χ1) is 11.5. The quantitative estimate of drug-likeness (QED) is 0.635. The third-order valence-corrected chi connectivity index (χ3v) is 3.44. The molecule has 0 unspecified atom stereocenters. The standard InChI is InChI=1S/C19H14FNO3/c20-13-3-5-14(6-4-13)21-19(12-1-7-15(22)8-2-12)17-10-9-16(23)11-18(17)24/h1-11,22-24H. The molecule has 0 atom stereocenters. The molecule has 4 nitrogen and oxygen atoms in total. The van der Waals surface area contributed by atoms with E-state index in [1.807, 2.05) is 0 Å². The highest BCUT2D eigenvalue weighted by atomic mass is 19.1. The zero-order valence-corrected chi connectivity index (χ0v) is 12.5. The summed E-state index contributed by atoms with van der Waals surface area (Å²) in [5.74, 6) is -0.463. The van der Waals surface area contributed by atoms with E-state index in [2.05, 4.69) is 4.99 Å². The summed E-state index contributed by atoms with van der Waals surface area (Å²) in [5, 5.41) is 29.1. The molecule has 0 fully saturated rings. The second kappa shape index (κ2) is 6.42. The first-order valence-corrected chi connectivity index (χ1v) is 7.19. The zero-order valence-electron chi connectivity index (χ0n) is 12.5. The molecule has 0 bridgehead atoms. The Morgan fingerprint density at radius 3 is 2.00 bits per heavy atom. The number of aromatic hydroxyl groups is 3. The lowest BCUT2D eigenvalue weighted by Crippen LogP contribution is -2.03. The van der Waals surface area contributed by atoms with Crippen LogP contribution < -0.4 is 0 Å². The van der Waals surface area contributed by atoms with Crippen molar-refractivity contribution in [2.75, 3.05) is 0 Å². The first kappa shape index (κ1) is 15.6. The van der Waals surface area contributed by atoms with Gasteiger partial charge in [0.2, 0.25) is 0 Å². The fourth-order valence-corrected chi connectivity index (χ4v) is 2.26. The second-order valence-corrected chi connectivity index (χ2v) is 5.19. The highest BCUT2D eigenvalue weighted by Gasteiger charge is 2.13. The van der Waals surface area contributed by atoms with Gasteiger partial charge in [-0.1, -0.05) is 0 Å². The molecule has 0 radical (unpaired) electrons. The number of aliphatic imine (C=N–C) groups is 1. The predicted molar refractivity (Wildman–Crippen MR) is 89.6 cm³/mol. The topological polar surface area (TPSA) is 73.1 Å². The Bertz CT molecular complexity index is 887. The van der Waals surface area contributed by atoms with E-state index in [0.29, 0.717) is 22.5 Å². The molecule has 0 aromatic heterocycles. The second-order valence-electron chi connectivity index (χ2n) is 5.19. The highest BCUT2D eigenvalue weighted by molar-refractivity contribution is 6.15. The number of phenolic OH excluding ortho intramolecular Hbond substituents is 3. The average molecular weight is 323 g/mol. The van der Waals surface area contributed by atoms with Gasteiger partial charge in [0.1, 0.15) is 23.1 Å². The molecule has 5 heteroatoms. The minimum Gasteiger partial charge on any atom is -0.508 e. The van der Waals surface area contributed by atoms with Crippen LogP contribution in [-0.2, 0) is 0 Å². The van der Waals surface area contributed by atoms with Crippen LogP contribution >= 0.6 is 0 Å². The van der Waals surface area contributed by atoms with Crippen molar-refractivity contribution < 1.29 is 19.7 Å². The molecule has 0 aliphatic rings. The molecular weight excluding hydrogens is 309 g/mol. The molecule has 3 N–H and O–H groups in total. The van der Waals surface area contributed by atoms with Crippen molar-refractivity contribution in [1.82, 2.24) is 0 Å². The summed E-state index contributed by atoms with van der Waals surface area (Å²) >= 11 is 0. The molecule has 0 heterocycles. The third kappa shape index (κ3) is 3.35. The highest BCUT2D eigenvalue weighted by Crippen LogP contribution is 2.28. The molecule has 24 heavy (non-hydrogen) atoms. The van der Waals surface area contributed by atoms with Crippen LogP contribution in [0.25, 0.3) is 0 Å². The van der Waals surface area contributed by atoms with Crippen LogP contribution in [0.5, 0.6) is 17.2 Å². The number of nitrogens with zero attached hydrogens (tertiary/aromatic N) is 1. The fraction of sp³-hybridized carbons (Fsp3) is 0. The van der Waals surface area contributed by atoms with Gasteiger partial charge < -0.3 is 15.3 Å². The number of hydrogen-bond donors (Lipinski definition) is 3. The van der Waals surface area contributed by atoms with E-state index in [1.165, 1.54) is 48.5 Å². The first-order valence-electron chi connectivity index (χ1n) is 7.19. The van der Waals surface area contributed by atoms with Crippen molar-refractivity contribution in [3.05, 3.63) is 83.7 Å². The maximum atomic E-state index is 13.1. The number of phenols is 3. The van der Waals surface area contributed by atoms with Crippen LogP contribution in [-0.4, -0.2) is 21.0 Å². The van der Waals surface area contributed by atoms with Gasteiger partial charge in [-0.05, 0) is 60.7 Å². The molecule has 0 aliphatic heterocycles. The minimum absolute atomic E-state index is 0.0666. The Labute approximate surface area is 137 Å². The average Bonchev–Trinajstić information content (AvgIpc) is 2.56. The summed E-state index contributed by atoms with van der Waals surface area (Å²) in [4.78, 5) is 4.49. The molecule has 120 valence electrons. The van der Waals surface area contributed by atoms with Crippen LogP contribution in [0.3, 0.4) is 0 Å². The Morgan fingerprint density at radius 2 is 1.38 bits per heavy atom. The molecule has 0 aliphatic carbocycles. The van der Waals surface area contributed by atoms with Crippen LogP contribution in [0.15, 0.2) is 71.7 Å². The number of hydrogen-bond acceptors (Lipinski definition) is 4. The van der Waals surface area contributed by atoms with Crippen LogP contribution in [0.1, 0.15) is 11.1 Å². The van der Waals surface area contributed by atoms with Gasteiger partial charge in [-0.25, -0.2) is 9.38 Å². The van der Waals surface area contributed by atoms with E-state index in [9.17, 15) is 19.7 Å². The largest absolute Gasteiger partial charge is 0.508 e. The van der Waals surface area contributed by atoms with Crippen molar-refractivity contribution in [2.24, 2.45) is 4.99 Å². The molecular formula is C19H14FNO3. The molecule has 3 aromatic rings. The molecule has 0 saturated carbocycles. The van der Waals surface area contributed by atoms with Crippen LogP contribution in [0.2, 0.25) is 0 Å². The Balaban J connectivity index is 2.16. The van der Waals surface area contributed by atoms with Gasteiger partial charge in [0, 0.05) is 17.2 Å². The number of benzene rings is 3. The summed E-state index contributed by atoms with van der Waals surface area (Å²) < 4.78 is 13.1. The summed E-state index contributed by atoms with van der Waals surface area (Å²) in [6, 6.07) is 16.2. The lowest BCUT2D eigenvalue weighted by molar-refractivity contribution is 0.450. The smallest absolute Gasteiger partial charge is 0.128 e. The van der Waals surface area contributed by atoms with Crippen molar-refractivity contribution in [2.45, 2.75) is 0 Å². The van der Waals surface area contributed by atoms with Gasteiger partial charge in [-0.2, -0.15) is 0 Å². The van der Waals surface area contributed by atoms with Gasteiger partial charge in [0.25, 0.3) is 0 Å². The van der Waals surface area contributed by atoms with Crippen LogP contribution in [0.4, 0.5) is 10.1 Å². The molecule has 3 aromatic carbocycles. The maximum Gasteiger partial charge on any atom is 0.128 e. The van der Waals surface area contributed by atoms with E-state index in [4.69, 9.17) is 0 Å². The summed E-state index contributed by atoms with van der Waals surface area (Å²) in [6.07, 6.45) is 0. The monoisotopic (exact) mass is 323 g/mol. The number of rotatable bonds is 3. The normalized spacial score (nSPS) is 11.5. The Hall–Kier alpha value is -3.34. The molecule has 0 spiro atoms. The van der Waals surface area contributed by atoms with Crippen molar-refractivity contribution in [3.8, 4) is 17.2 Å². The molecule has 0 amide bonds. The van der Waals surface area contributed by atoms with E-state index in [1.54, 1.807) is 18.2 Å². The minimum atomic E-state index is -0.368. The van der Waals surface area contributed by atoms with Crippen LogP contribution in [0, 0.1) is 5.82 Å². The zero-order chi connectivity index (χ0) is 17.1.